The van der Waals surface area contributed by atoms with E-state index in [-0.39, 0.29) is 5.78 Å². The van der Waals surface area contributed by atoms with Gasteiger partial charge in [-0.2, -0.15) is 0 Å². The molecule has 0 N–H and O–H groups in total. The first kappa shape index (κ1) is 14.7. The van der Waals surface area contributed by atoms with Crippen LogP contribution in [-0.4, -0.2) is 21.9 Å². The summed E-state index contributed by atoms with van der Waals surface area (Å²) >= 11 is 0. The molecule has 0 atom stereocenters. The summed E-state index contributed by atoms with van der Waals surface area (Å²) < 4.78 is 0. The highest BCUT2D eigenvalue weighted by Crippen LogP contribution is 2.27. The minimum atomic E-state index is -1.33. The Morgan fingerprint density at radius 2 is 1.53 bits per heavy atom. The first-order valence-electron chi connectivity index (χ1n) is 7.38. The molecule has 3 heteroatoms. The predicted octanol–water partition coefficient (Wildman–Crippen LogP) is 3.30. The van der Waals surface area contributed by atoms with Gasteiger partial charge in [-0.15, -0.1) is 0 Å². The SMILES string of the molecule is CCc1cc2c(cc1C(C)=O)[Si](C)(C)CC[Si]2(C)C. The zero-order valence-electron chi connectivity index (χ0n) is 13.2. The van der Waals surface area contributed by atoms with E-state index in [1.807, 2.05) is 0 Å². The van der Waals surface area contributed by atoms with Gasteiger partial charge >= 0.3 is 0 Å². The Kier molecular flexibility index (Phi) is 3.65. The molecule has 0 saturated heterocycles. The van der Waals surface area contributed by atoms with Gasteiger partial charge in [0, 0.05) is 5.56 Å². The van der Waals surface area contributed by atoms with Crippen molar-refractivity contribution in [1.82, 2.24) is 0 Å². The quantitative estimate of drug-likeness (QED) is 0.603. The Hall–Kier alpha value is -0.676. The number of hydrogen-bond acceptors (Lipinski definition) is 1. The zero-order valence-corrected chi connectivity index (χ0v) is 15.2. The Balaban J connectivity index is 2.74. The molecule has 0 aliphatic carbocycles. The first-order valence-corrected chi connectivity index (χ1v) is 13.8. The standard InChI is InChI=1S/C16H26OSi2/c1-7-13-10-15-16(11-14(13)12(2)17)19(5,6)9-8-18(15,3)4/h10-11H,7-9H2,1-6H3. The van der Waals surface area contributed by atoms with Crippen LogP contribution in [0.15, 0.2) is 12.1 Å². The average Bonchev–Trinajstić information content (AvgIpc) is 2.33. The Morgan fingerprint density at radius 3 is 1.95 bits per heavy atom. The van der Waals surface area contributed by atoms with E-state index in [4.69, 9.17) is 0 Å². The molecular formula is C16H26OSi2. The van der Waals surface area contributed by atoms with Gasteiger partial charge in [0.1, 0.15) is 0 Å². The van der Waals surface area contributed by atoms with Crippen LogP contribution in [0.3, 0.4) is 0 Å². The number of rotatable bonds is 2. The van der Waals surface area contributed by atoms with E-state index in [1.54, 1.807) is 17.3 Å². The van der Waals surface area contributed by atoms with E-state index in [2.05, 4.69) is 45.2 Å². The van der Waals surface area contributed by atoms with Crippen LogP contribution in [0, 0.1) is 0 Å². The van der Waals surface area contributed by atoms with Crippen molar-refractivity contribution in [3.63, 3.8) is 0 Å². The number of benzene rings is 1. The summed E-state index contributed by atoms with van der Waals surface area (Å²) in [4.78, 5) is 11.9. The molecule has 1 aromatic rings. The van der Waals surface area contributed by atoms with Gasteiger partial charge in [-0.1, -0.05) is 67.7 Å². The Morgan fingerprint density at radius 1 is 1.05 bits per heavy atom. The summed E-state index contributed by atoms with van der Waals surface area (Å²) in [5.74, 6) is 0.231. The Bertz CT molecular complexity index is 530. The van der Waals surface area contributed by atoms with Crippen LogP contribution < -0.4 is 10.4 Å². The molecule has 0 spiro atoms. The molecular weight excluding hydrogens is 264 g/mol. The number of aryl methyl sites for hydroxylation is 1. The van der Waals surface area contributed by atoms with Gasteiger partial charge in [0.2, 0.25) is 0 Å². The average molecular weight is 291 g/mol. The van der Waals surface area contributed by atoms with Crippen molar-refractivity contribution in [2.45, 2.75) is 58.5 Å². The lowest BCUT2D eigenvalue weighted by atomic mass is 10.0. The fourth-order valence-electron chi connectivity index (χ4n) is 3.28. The lowest BCUT2D eigenvalue weighted by molar-refractivity contribution is 0.101. The fourth-order valence-corrected chi connectivity index (χ4v) is 13.6. The second-order valence-corrected chi connectivity index (χ2v) is 16.8. The highest BCUT2D eigenvalue weighted by Gasteiger charge is 2.40. The monoisotopic (exact) mass is 290 g/mol. The summed E-state index contributed by atoms with van der Waals surface area (Å²) in [5, 5.41) is 3.23. The first-order chi connectivity index (χ1) is 8.69. The molecule has 0 aromatic heterocycles. The van der Waals surface area contributed by atoms with E-state index in [0.29, 0.717) is 0 Å². The number of carbonyl (C=O) groups excluding carboxylic acids is 1. The van der Waals surface area contributed by atoms with Gasteiger partial charge < -0.3 is 0 Å². The van der Waals surface area contributed by atoms with Crippen LogP contribution in [-0.2, 0) is 6.42 Å². The summed E-state index contributed by atoms with van der Waals surface area (Å²) in [7, 11) is -2.61. The van der Waals surface area contributed by atoms with E-state index < -0.39 is 16.1 Å². The minimum absolute atomic E-state index is 0.231. The molecule has 0 amide bonds. The normalized spacial score (nSPS) is 19.9. The third-order valence-electron chi connectivity index (χ3n) is 4.84. The molecule has 1 aliphatic heterocycles. The van der Waals surface area contributed by atoms with Crippen LogP contribution in [0.5, 0.6) is 0 Å². The van der Waals surface area contributed by atoms with Gasteiger partial charge in [0.05, 0.1) is 16.1 Å². The van der Waals surface area contributed by atoms with Crippen molar-refractivity contribution in [1.29, 1.82) is 0 Å². The summed E-state index contributed by atoms with van der Waals surface area (Å²) in [6.07, 6.45) is 0.967. The van der Waals surface area contributed by atoms with Crippen molar-refractivity contribution >= 4 is 32.3 Å². The molecule has 0 bridgehead atoms. The van der Waals surface area contributed by atoms with Crippen LogP contribution in [0.4, 0.5) is 0 Å². The molecule has 1 aromatic carbocycles. The van der Waals surface area contributed by atoms with Crippen LogP contribution in [0.1, 0.15) is 29.8 Å². The predicted molar refractivity (Wildman–Crippen MR) is 89.7 cm³/mol. The van der Waals surface area contributed by atoms with Crippen molar-refractivity contribution in [3.05, 3.63) is 23.3 Å². The minimum Gasteiger partial charge on any atom is -0.295 e. The largest absolute Gasteiger partial charge is 0.295 e. The molecule has 0 unspecified atom stereocenters. The maximum atomic E-state index is 11.9. The fraction of sp³-hybridized carbons (Fsp3) is 0.562. The highest BCUT2D eigenvalue weighted by molar-refractivity contribution is 7.03. The maximum absolute atomic E-state index is 11.9. The molecule has 2 rings (SSSR count). The van der Waals surface area contributed by atoms with Crippen molar-refractivity contribution in [2.75, 3.05) is 0 Å². The number of hydrogen-bond donors (Lipinski definition) is 0. The molecule has 1 aliphatic rings. The Labute approximate surface area is 119 Å². The maximum Gasteiger partial charge on any atom is 0.160 e. The smallest absolute Gasteiger partial charge is 0.160 e. The number of carbonyl (C=O) groups is 1. The molecule has 0 fully saturated rings. The van der Waals surface area contributed by atoms with Crippen molar-refractivity contribution in [2.24, 2.45) is 0 Å². The van der Waals surface area contributed by atoms with Gasteiger partial charge in [-0.05, 0) is 18.9 Å². The van der Waals surface area contributed by atoms with E-state index in [9.17, 15) is 4.79 Å². The summed E-state index contributed by atoms with van der Waals surface area (Å²) in [6.45, 7) is 13.8. The molecule has 0 saturated carbocycles. The van der Waals surface area contributed by atoms with Crippen molar-refractivity contribution < 1.29 is 4.79 Å². The van der Waals surface area contributed by atoms with Crippen molar-refractivity contribution in [3.8, 4) is 0 Å². The number of fused-ring (bicyclic) bond motifs is 1. The van der Waals surface area contributed by atoms with Gasteiger partial charge in [0.15, 0.2) is 5.78 Å². The summed E-state index contributed by atoms with van der Waals surface area (Å²) in [6, 6.07) is 7.48. The number of Topliss-reactive ketones (excluding diaryl/α,β-unsaturated/α-hetero) is 1. The van der Waals surface area contributed by atoms with Crippen LogP contribution >= 0.6 is 0 Å². The van der Waals surface area contributed by atoms with Gasteiger partial charge in [0.25, 0.3) is 0 Å². The molecule has 19 heavy (non-hydrogen) atoms. The van der Waals surface area contributed by atoms with Crippen LogP contribution in [0.25, 0.3) is 0 Å². The molecule has 0 radical (unpaired) electrons. The van der Waals surface area contributed by atoms with Crippen LogP contribution in [0.2, 0.25) is 38.3 Å². The second-order valence-electron chi connectivity index (χ2n) is 7.23. The zero-order chi connectivity index (χ0) is 14.4. The van der Waals surface area contributed by atoms with E-state index in [0.717, 1.165) is 12.0 Å². The molecule has 1 heterocycles. The van der Waals surface area contributed by atoms with E-state index >= 15 is 0 Å². The molecule has 1 nitrogen and oxygen atoms in total. The third-order valence-corrected chi connectivity index (χ3v) is 12.3. The topological polar surface area (TPSA) is 17.1 Å². The lowest BCUT2D eigenvalue weighted by Crippen LogP contribution is -2.63. The lowest BCUT2D eigenvalue weighted by Gasteiger charge is -2.40. The summed E-state index contributed by atoms with van der Waals surface area (Å²) in [5.41, 5.74) is 2.24. The highest BCUT2D eigenvalue weighted by atomic mass is 28.3. The molecule has 104 valence electrons. The van der Waals surface area contributed by atoms with E-state index in [1.165, 1.54) is 17.7 Å². The van der Waals surface area contributed by atoms with Gasteiger partial charge in [-0.3, -0.25) is 4.79 Å². The van der Waals surface area contributed by atoms with Gasteiger partial charge in [-0.25, -0.2) is 0 Å². The third kappa shape index (κ3) is 2.50. The second kappa shape index (κ2) is 4.70. The number of ketones is 1.